The molecule has 0 spiro atoms. The predicted octanol–water partition coefficient (Wildman–Crippen LogP) is 4.10. The molecule has 47 heavy (non-hydrogen) atoms. The van der Waals surface area contributed by atoms with E-state index in [-0.39, 0.29) is 5.91 Å². The molecule has 2 heterocycles. The minimum absolute atomic E-state index is 0.168. The van der Waals surface area contributed by atoms with Crippen LogP contribution in [0.15, 0.2) is 54.6 Å². The summed E-state index contributed by atoms with van der Waals surface area (Å²) in [6.45, 7) is 2.71. The average molecular weight is 677 g/mol. The molecule has 2 amide bonds. The molecule has 1 fully saturated rings. The van der Waals surface area contributed by atoms with Crippen LogP contribution in [0, 0.1) is 6.92 Å². The van der Waals surface area contributed by atoms with E-state index in [0.717, 1.165) is 27.7 Å². The number of hydrogen-bond donors (Lipinski definition) is 4. The van der Waals surface area contributed by atoms with Crippen molar-refractivity contribution in [2.75, 3.05) is 20.6 Å². The molecule has 2 aromatic carbocycles. The maximum Gasteiger partial charge on any atom is 0.490 e. The highest BCUT2D eigenvalue weighted by Crippen LogP contribution is 2.36. The zero-order valence-corrected chi connectivity index (χ0v) is 25.0. The van der Waals surface area contributed by atoms with Crippen LogP contribution in [0.1, 0.15) is 29.2 Å². The molecule has 256 valence electrons. The molecule has 0 saturated carbocycles. The van der Waals surface area contributed by atoms with E-state index in [4.69, 9.17) is 29.7 Å². The Bertz CT molecular complexity index is 1560. The Hall–Kier alpha value is -4.97. The first-order chi connectivity index (χ1) is 21.8. The van der Waals surface area contributed by atoms with E-state index >= 15 is 0 Å². The number of alkyl halides is 6. The highest BCUT2D eigenvalue weighted by atomic mass is 19.4. The molecular weight excluding hydrogens is 646 g/mol. The molecule has 0 unspecified atom stereocenters. The van der Waals surface area contributed by atoms with Gasteiger partial charge in [-0.05, 0) is 45.6 Å². The SMILES string of the molecule is Cc1cc(COc2ccccc2[C@H]2CCN([C@@H](C(=O)NO)N(C)C)C2=O)c2ccccc2n1.O=C(O)C(F)(F)F.O=C(O)C(F)(F)F. The van der Waals surface area contributed by atoms with Gasteiger partial charge in [0.25, 0.3) is 5.91 Å². The van der Waals surface area contributed by atoms with Crippen LogP contribution < -0.4 is 10.2 Å². The summed E-state index contributed by atoms with van der Waals surface area (Å²) >= 11 is 0. The van der Waals surface area contributed by atoms with Gasteiger partial charge in [-0.15, -0.1) is 0 Å². The number of amides is 2. The molecule has 12 nitrogen and oxygen atoms in total. The Morgan fingerprint density at radius 3 is 2.06 bits per heavy atom. The molecule has 3 aromatic rings. The molecule has 4 N–H and O–H groups in total. The summed E-state index contributed by atoms with van der Waals surface area (Å²) in [4.78, 5) is 50.9. The van der Waals surface area contributed by atoms with Crippen LogP contribution >= 0.6 is 0 Å². The van der Waals surface area contributed by atoms with Crippen LogP contribution in [0.5, 0.6) is 5.75 Å². The number of halogens is 6. The third-order valence-electron chi connectivity index (χ3n) is 6.46. The zero-order chi connectivity index (χ0) is 35.7. The fourth-order valence-corrected chi connectivity index (χ4v) is 4.52. The van der Waals surface area contributed by atoms with Crippen LogP contribution in [0.3, 0.4) is 0 Å². The quantitative estimate of drug-likeness (QED) is 0.162. The highest BCUT2D eigenvalue weighted by molar-refractivity contribution is 5.92. The minimum Gasteiger partial charge on any atom is -0.489 e. The normalized spacial score (nSPS) is 15.3. The van der Waals surface area contributed by atoms with Crippen molar-refractivity contribution in [1.82, 2.24) is 20.3 Å². The summed E-state index contributed by atoms with van der Waals surface area (Å²) in [7, 11) is 3.39. The maximum absolute atomic E-state index is 13.3. The first-order valence-corrected chi connectivity index (χ1v) is 13.4. The predicted molar refractivity (Wildman–Crippen MR) is 151 cm³/mol. The van der Waals surface area contributed by atoms with Crippen LogP contribution in [-0.2, 0) is 25.8 Å². The first-order valence-electron chi connectivity index (χ1n) is 13.4. The fourth-order valence-electron chi connectivity index (χ4n) is 4.52. The van der Waals surface area contributed by atoms with Gasteiger partial charge in [-0.3, -0.25) is 24.7 Å². The largest absolute Gasteiger partial charge is 0.490 e. The lowest BCUT2D eigenvalue weighted by Gasteiger charge is -2.31. The number of carboxylic acid groups (broad SMARTS) is 2. The second-order valence-corrected chi connectivity index (χ2v) is 10.1. The molecule has 2 atom stereocenters. The molecule has 0 aliphatic carbocycles. The van der Waals surface area contributed by atoms with E-state index in [0.29, 0.717) is 25.3 Å². The smallest absolute Gasteiger partial charge is 0.489 e. The molecule has 1 saturated heterocycles. The van der Waals surface area contributed by atoms with E-state index in [1.165, 1.54) is 4.90 Å². The van der Waals surface area contributed by atoms with Gasteiger partial charge in [0, 0.05) is 28.8 Å². The number of ether oxygens (including phenoxy) is 1. The molecule has 18 heteroatoms. The lowest BCUT2D eigenvalue weighted by atomic mass is 9.96. The molecule has 4 rings (SSSR count). The molecule has 1 aliphatic rings. The number of rotatable bonds is 7. The number of nitrogens with one attached hydrogen (secondary N) is 1. The van der Waals surface area contributed by atoms with Gasteiger partial charge in [-0.2, -0.15) is 26.3 Å². The Kier molecular flexibility index (Phi) is 13.0. The van der Waals surface area contributed by atoms with Gasteiger partial charge in [0.2, 0.25) is 5.91 Å². The van der Waals surface area contributed by atoms with E-state index < -0.39 is 42.3 Å². The monoisotopic (exact) mass is 676 g/mol. The van der Waals surface area contributed by atoms with Crippen molar-refractivity contribution >= 4 is 34.7 Å². The average Bonchev–Trinajstić information content (AvgIpc) is 3.35. The number of likely N-dealkylation sites (N-methyl/N-ethyl adjacent to an activating group) is 1. The number of nitrogens with zero attached hydrogens (tertiary/aromatic N) is 3. The van der Waals surface area contributed by atoms with Gasteiger partial charge in [0.1, 0.15) is 12.4 Å². The van der Waals surface area contributed by atoms with Crippen molar-refractivity contribution in [2.45, 2.75) is 44.4 Å². The molecule has 1 aliphatic heterocycles. The summed E-state index contributed by atoms with van der Waals surface area (Å²) < 4.78 is 69.7. The number of aliphatic carboxylic acids is 2. The van der Waals surface area contributed by atoms with Gasteiger partial charge in [0.05, 0.1) is 11.4 Å². The Balaban J connectivity index is 0.000000459. The number of hydrogen-bond acceptors (Lipinski definition) is 8. The second-order valence-electron chi connectivity index (χ2n) is 10.1. The molecule has 0 radical (unpaired) electrons. The third kappa shape index (κ3) is 10.5. The summed E-state index contributed by atoms with van der Waals surface area (Å²) in [5, 5.41) is 24.4. The van der Waals surface area contributed by atoms with Crippen molar-refractivity contribution in [3.8, 4) is 5.75 Å². The maximum atomic E-state index is 13.3. The Morgan fingerprint density at radius 1 is 1.00 bits per heavy atom. The summed E-state index contributed by atoms with van der Waals surface area (Å²) in [6, 6.07) is 17.5. The number of aromatic nitrogens is 1. The van der Waals surface area contributed by atoms with Gasteiger partial charge >= 0.3 is 24.3 Å². The Morgan fingerprint density at radius 2 is 1.53 bits per heavy atom. The number of hydroxylamine groups is 1. The van der Waals surface area contributed by atoms with Crippen molar-refractivity contribution in [2.24, 2.45) is 0 Å². The number of benzene rings is 2. The van der Waals surface area contributed by atoms with Gasteiger partial charge in [-0.1, -0.05) is 36.4 Å². The Labute approximate surface area is 263 Å². The lowest BCUT2D eigenvalue weighted by Crippen LogP contribution is -2.54. The molecule has 0 bridgehead atoms. The number of aryl methyl sites for hydroxylation is 1. The summed E-state index contributed by atoms with van der Waals surface area (Å²) in [5.74, 6) is -6.10. The number of para-hydroxylation sites is 2. The lowest BCUT2D eigenvalue weighted by molar-refractivity contribution is -0.193. The van der Waals surface area contributed by atoms with E-state index in [9.17, 15) is 35.9 Å². The first kappa shape index (κ1) is 38.2. The van der Waals surface area contributed by atoms with Crippen LogP contribution in [0.25, 0.3) is 10.9 Å². The van der Waals surface area contributed by atoms with Crippen LogP contribution in [-0.4, -0.2) is 93.1 Å². The van der Waals surface area contributed by atoms with E-state index in [2.05, 4.69) is 4.98 Å². The number of carboxylic acids is 2. The minimum atomic E-state index is -5.08. The van der Waals surface area contributed by atoms with Crippen molar-refractivity contribution in [3.63, 3.8) is 0 Å². The van der Waals surface area contributed by atoms with Crippen molar-refractivity contribution in [3.05, 3.63) is 71.4 Å². The molecule has 1 aromatic heterocycles. The van der Waals surface area contributed by atoms with Crippen molar-refractivity contribution < 1.29 is 65.7 Å². The van der Waals surface area contributed by atoms with E-state index in [1.54, 1.807) is 24.5 Å². The highest BCUT2D eigenvalue weighted by Gasteiger charge is 2.42. The number of carbonyl (C=O) groups is 4. The number of pyridine rings is 1. The standard InChI is InChI=1S/C25H28N4O4.2C2HF3O2/c1-16-14-17(18-8-4-6-10-21(18)26-16)15-33-22-11-7-5-9-19(22)20-12-13-29(25(20)31)24(28(2)3)23(30)27-32;2*3-2(4,5)1(6)7/h4-11,14,20,24,32H,12-13,15H2,1-3H3,(H,27,30);2*(H,6,7)/t20-,24+;;/m1../s1. The van der Waals surface area contributed by atoms with E-state index in [1.807, 2.05) is 61.5 Å². The van der Waals surface area contributed by atoms with Crippen LogP contribution in [0.4, 0.5) is 26.3 Å². The molecular formula is C29H30F6N4O8. The number of likely N-dealkylation sites (tertiary alicyclic amines) is 1. The van der Waals surface area contributed by atoms with Crippen molar-refractivity contribution in [1.29, 1.82) is 0 Å². The summed E-state index contributed by atoms with van der Waals surface area (Å²) in [5.41, 5.74) is 5.32. The topological polar surface area (TPSA) is 170 Å². The van der Waals surface area contributed by atoms with Gasteiger partial charge < -0.3 is 19.8 Å². The summed E-state index contributed by atoms with van der Waals surface area (Å²) in [6.07, 6.45) is -10.5. The van der Waals surface area contributed by atoms with Gasteiger partial charge in [-0.25, -0.2) is 15.1 Å². The zero-order valence-electron chi connectivity index (χ0n) is 25.0. The fraction of sp³-hybridized carbons (Fsp3) is 0.345. The number of carbonyl (C=O) groups excluding carboxylic acids is 2. The van der Waals surface area contributed by atoms with Crippen LogP contribution in [0.2, 0.25) is 0 Å². The van der Waals surface area contributed by atoms with Gasteiger partial charge in [0.15, 0.2) is 6.17 Å². The number of fused-ring (bicyclic) bond motifs is 1. The third-order valence-corrected chi connectivity index (χ3v) is 6.46. The second kappa shape index (κ2) is 16.0.